The predicted molar refractivity (Wildman–Crippen MR) is 68.4 cm³/mol. The number of ether oxygens (including phenoxy) is 1. The minimum atomic E-state index is -3.21. The minimum absolute atomic E-state index is 0.114. The van der Waals surface area contributed by atoms with E-state index in [0.29, 0.717) is 26.2 Å². The fraction of sp³-hybridized carbons (Fsp3) is 1.00. The molecule has 0 aromatic rings. The number of hydrogen-bond donors (Lipinski definition) is 0. The van der Waals surface area contributed by atoms with E-state index in [1.807, 2.05) is 0 Å². The van der Waals surface area contributed by atoms with Gasteiger partial charge in [0, 0.05) is 38.2 Å². The van der Waals surface area contributed by atoms with E-state index in [4.69, 9.17) is 4.74 Å². The van der Waals surface area contributed by atoms with Crippen LogP contribution in [0.3, 0.4) is 0 Å². The van der Waals surface area contributed by atoms with Crippen LogP contribution in [0.15, 0.2) is 0 Å². The van der Waals surface area contributed by atoms with Crippen LogP contribution in [0, 0.1) is 5.41 Å². The molecule has 1 atom stereocenters. The average molecular weight is 274 g/mol. The summed E-state index contributed by atoms with van der Waals surface area (Å²) >= 11 is 0. The van der Waals surface area contributed by atoms with Gasteiger partial charge in [-0.05, 0) is 25.7 Å². The van der Waals surface area contributed by atoms with Gasteiger partial charge in [-0.1, -0.05) is 6.42 Å². The Morgan fingerprint density at radius 1 is 0.944 bits per heavy atom. The maximum atomic E-state index is 12.5. The van der Waals surface area contributed by atoms with Crippen LogP contribution in [-0.2, 0) is 14.9 Å². The van der Waals surface area contributed by atoms with E-state index in [2.05, 4.69) is 0 Å². The van der Waals surface area contributed by atoms with E-state index in [-0.39, 0.29) is 5.41 Å². The molecule has 0 unspecified atom stereocenters. The molecule has 0 amide bonds. The van der Waals surface area contributed by atoms with Crippen LogP contribution < -0.4 is 0 Å². The molecule has 6 heteroatoms. The lowest BCUT2D eigenvalue weighted by Crippen LogP contribution is -2.45. The molecule has 18 heavy (non-hydrogen) atoms. The molecule has 0 saturated carbocycles. The van der Waals surface area contributed by atoms with E-state index in [1.54, 1.807) is 8.61 Å². The fourth-order valence-electron chi connectivity index (χ4n) is 3.32. The molecule has 3 rings (SSSR count). The standard InChI is InChI=1S/C12H22N2O3S/c15-18(16,13-6-2-1-3-7-13)14-8-4-12(10-14)5-9-17-11-12/h1-11H2/t12-/m1/s1. The normalized spacial score (nSPS) is 35.6. The number of piperidine rings is 1. The van der Waals surface area contributed by atoms with Crippen molar-refractivity contribution in [2.45, 2.75) is 32.1 Å². The molecule has 3 fully saturated rings. The first-order valence-electron chi connectivity index (χ1n) is 6.95. The van der Waals surface area contributed by atoms with E-state index in [0.717, 1.165) is 45.3 Å². The highest BCUT2D eigenvalue weighted by Gasteiger charge is 2.46. The third kappa shape index (κ3) is 2.19. The Bertz CT molecular complexity index is 398. The Hall–Kier alpha value is -0.170. The zero-order valence-electron chi connectivity index (χ0n) is 10.8. The smallest absolute Gasteiger partial charge is 0.281 e. The van der Waals surface area contributed by atoms with Crippen molar-refractivity contribution in [2.24, 2.45) is 5.41 Å². The summed E-state index contributed by atoms with van der Waals surface area (Å²) in [5, 5.41) is 0. The summed E-state index contributed by atoms with van der Waals surface area (Å²) in [7, 11) is -3.21. The van der Waals surface area contributed by atoms with Gasteiger partial charge in [-0.15, -0.1) is 0 Å². The average Bonchev–Trinajstić information content (AvgIpc) is 3.02. The first-order chi connectivity index (χ1) is 8.62. The second kappa shape index (κ2) is 4.74. The number of hydrogen-bond acceptors (Lipinski definition) is 3. The molecule has 3 saturated heterocycles. The highest BCUT2D eigenvalue weighted by molar-refractivity contribution is 7.86. The van der Waals surface area contributed by atoms with Gasteiger partial charge in [0.25, 0.3) is 10.2 Å². The van der Waals surface area contributed by atoms with Gasteiger partial charge in [-0.25, -0.2) is 0 Å². The lowest BCUT2D eigenvalue weighted by Gasteiger charge is -2.30. The molecular formula is C12H22N2O3S. The van der Waals surface area contributed by atoms with Crippen LogP contribution in [0.1, 0.15) is 32.1 Å². The largest absolute Gasteiger partial charge is 0.381 e. The Labute approximate surface area is 109 Å². The van der Waals surface area contributed by atoms with Gasteiger partial charge in [-0.2, -0.15) is 17.0 Å². The maximum absolute atomic E-state index is 12.5. The Balaban J connectivity index is 1.70. The van der Waals surface area contributed by atoms with Gasteiger partial charge in [0.15, 0.2) is 0 Å². The topological polar surface area (TPSA) is 49.9 Å². The predicted octanol–water partition coefficient (Wildman–Crippen LogP) is 0.829. The van der Waals surface area contributed by atoms with Crippen molar-refractivity contribution in [3.05, 3.63) is 0 Å². The van der Waals surface area contributed by atoms with Gasteiger partial charge >= 0.3 is 0 Å². The van der Waals surface area contributed by atoms with E-state index < -0.39 is 10.2 Å². The van der Waals surface area contributed by atoms with Crippen LogP contribution in [0.2, 0.25) is 0 Å². The molecule has 0 aromatic heterocycles. The Morgan fingerprint density at radius 2 is 1.72 bits per heavy atom. The Morgan fingerprint density at radius 3 is 2.39 bits per heavy atom. The zero-order chi connectivity index (χ0) is 12.6. The molecule has 0 aliphatic carbocycles. The van der Waals surface area contributed by atoms with Crippen LogP contribution in [0.4, 0.5) is 0 Å². The lowest BCUT2D eigenvalue weighted by molar-refractivity contribution is 0.157. The second-order valence-corrected chi connectivity index (χ2v) is 7.78. The van der Waals surface area contributed by atoms with Gasteiger partial charge in [-0.3, -0.25) is 0 Å². The molecule has 1 spiro atoms. The molecule has 5 nitrogen and oxygen atoms in total. The van der Waals surface area contributed by atoms with E-state index in [1.165, 1.54) is 0 Å². The minimum Gasteiger partial charge on any atom is -0.381 e. The highest BCUT2D eigenvalue weighted by atomic mass is 32.2. The highest BCUT2D eigenvalue weighted by Crippen LogP contribution is 2.39. The Kier molecular flexibility index (Phi) is 3.38. The van der Waals surface area contributed by atoms with Crippen LogP contribution >= 0.6 is 0 Å². The van der Waals surface area contributed by atoms with Crippen LogP contribution in [0.5, 0.6) is 0 Å². The molecule has 3 aliphatic heterocycles. The monoisotopic (exact) mass is 274 g/mol. The molecule has 0 N–H and O–H groups in total. The van der Waals surface area contributed by atoms with Crippen LogP contribution in [0.25, 0.3) is 0 Å². The van der Waals surface area contributed by atoms with Crippen molar-refractivity contribution >= 4 is 10.2 Å². The van der Waals surface area contributed by atoms with Gasteiger partial charge in [0.05, 0.1) is 6.61 Å². The van der Waals surface area contributed by atoms with Gasteiger partial charge in [0.2, 0.25) is 0 Å². The molecular weight excluding hydrogens is 252 g/mol. The molecule has 0 bridgehead atoms. The van der Waals surface area contributed by atoms with Crippen molar-refractivity contribution in [3.63, 3.8) is 0 Å². The summed E-state index contributed by atoms with van der Waals surface area (Å²) in [6.45, 7) is 4.25. The van der Waals surface area contributed by atoms with Crippen LogP contribution in [-0.4, -0.2) is 56.4 Å². The summed E-state index contributed by atoms with van der Waals surface area (Å²) < 4.78 is 33.9. The number of nitrogens with zero attached hydrogens (tertiary/aromatic N) is 2. The van der Waals surface area contributed by atoms with E-state index >= 15 is 0 Å². The first-order valence-corrected chi connectivity index (χ1v) is 8.35. The lowest BCUT2D eigenvalue weighted by atomic mass is 9.87. The van der Waals surface area contributed by atoms with E-state index in [9.17, 15) is 8.42 Å². The molecule has 3 heterocycles. The number of rotatable bonds is 2. The molecule has 104 valence electrons. The van der Waals surface area contributed by atoms with Gasteiger partial charge < -0.3 is 4.74 Å². The maximum Gasteiger partial charge on any atom is 0.281 e. The third-order valence-corrected chi connectivity index (χ3v) is 6.54. The zero-order valence-corrected chi connectivity index (χ0v) is 11.6. The third-order valence-electron chi connectivity index (χ3n) is 4.56. The van der Waals surface area contributed by atoms with Gasteiger partial charge in [0.1, 0.15) is 0 Å². The van der Waals surface area contributed by atoms with Crippen molar-refractivity contribution in [2.75, 3.05) is 39.4 Å². The first kappa shape index (κ1) is 12.8. The van der Waals surface area contributed by atoms with Crippen molar-refractivity contribution in [1.82, 2.24) is 8.61 Å². The summed E-state index contributed by atoms with van der Waals surface area (Å²) in [5.74, 6) is 0. The quantitative estimate of drug-likeness (QED) is 0.749. The summed E-state index contributed by atoms with van der Waals surface area (Å²) in [5.41, 5.74) is 0.114. The summed E-state index contributed by atoms with van der Waals surface area (Å²) in [6.07, 6.45) is 5.13. The SMILES string of the molecule is O=S(=O)(N1CCCCC1)N1CC[C@@]2(CCOC2)C1. The molecule has 0 radical (unpaired) electrons. The van der Waals surface area contributed by atoms with Crippen molar-refractivity contribution < 1.29 is 13.2 Å². The molecule has 0 aromatic carbocycles. The summed E-state index contributed by atoms with van der Waals surface area (Å²) in [4.78, 5) is 0. The summed E-state index contributed by atoms with van der Waals surface area (Å²) in [6, 6.07) is 0. The molecule has 3 aliphatic rings. The van der Waals surface area contributed by atoms with Crippen molar-refractivity contribution in [1.29, 1.82) is 0 Å². The van der Waals surface area contributed by atoms with Crippen molar-refractivity contribution in [3.8, 4) is 0 Å². The second-order valence-electron chi connectivity index (χ2n) is 5.85. The fourth-order valence-corrected chi connectivity index (χ4v) is 5.13.